The van der Waals surface area contributed by atoms with Gasteiger partial charge >= 0.3 is 12.3 Å². The molecule has 5 rings (SSSR count). The number of ether oxygens (including phenoxy) is 2. The Balaban J connectivity index is 1.40. The standard InChI is InChI=1S/C24H17F2IN2O5/c1-13-5-8-19(28-20(13)14-3-2-4-15(11-14)21(30)34-27)29-22(31)23(9-10-23)16-6-7-17-18(12-16)33-24(25,26)32-17/h2-8,11-12H,9-10H2,1H3,(H,28,29,31). The smallest absolute Gasteiger partial charge is 0.395 e. The minimum Gasteiger partial charge on any atom is -0.395 e. The molecule has 0 radical (unpaired) electrons. The summed E-state index contributed by atoms with van der Waals surface area (Å²) in [6.07, 6.45) is -2.59. The summed E-state index contributed by atoms with van der Waals surface area (Å²) in [5, 5.41) is 2.85. The van der Waals surface area contributed by atoms with Gasteiger partial charge in [-0.25, -0.2) is 9.78 Å². The SMILES string of the molecule is Cc1ccc(NC(=O)C2(c3ccc4c(c3)OC(F)(F)O4)CC2)nc1-c1cccc(C(=O)OI)c1. The number of hydrogen-bond acceptors (Lipinski definition) is 6. The molecule has 10 heteroatoms. The molecule has 1 saturated carbocycles. The van der Waals surface area contributed by atoms with Crippen molar-refractivity contribution in [3.63, 3.8) is 0 Å². The third-order valence-corrected chi connectivity index (χ3v) is 6.32. The fraction of sp³-hybridized carbons (Fsp3) is 0.208. The predicted octanol–water partition coefficient (Wildman–Crippen LogP) is 5.56. The summed E-state index contributed by atoms with van der Waals surface area (Å²) in [4.78, 5) is 29.7. The Morgan fingerprint density at radius 1 is 1.06 bits per heavy atom. The number of pyridine rings is 1. The van der Waals surface area contributed by atoms with Gasteiger partial charge in [0.05, 0.1) is 16.7 Å². The van der Waals surface area contributed by atoms with Crippen LogP contribution in [0.3, 0.4) is 0 Å². The predicted molar refractivity (Wildman–Crippen MR) is 126 cm³/mol. The zero-order chi connectivity index (χ0) is 24.1. The highest BCUT2D eigenvalue weighted by Gasteiger charge is 2.53. The van der Waals surface area contributed by atoms with Crippen molar-refractivity contribution >= 4 is 40.7 Å². The molecule has 1 fully saturated rings. The molecule has 2 heterocycles. The molecule has 0 bridgehead atoms. The van der Waals surface area contributed by atoms with Crippen molar-refractivity contribution in [2.75, 3.05) is 5.32 Å². The first kappa shape index (κ1) is 22.5. The summed E-state index contributed by atoms with van der Waals surface area (Å²) in [6.45, 7) is 1.88. The number of fused-ring (bicyclic) bond motifs is 1. The number of nitrogens with zero attached hydrogens (tertiary/aromatic N) is 1. The topological polar surface area (TPSA) is 86.8 Å². The fourth-order valence-electron chi connectivity index (χ4n) is 3.98. The lowest BCUT2D eigenvalue weighted by atomic mass is 9.94. The highest BCUT2D eigenvalue weighted by atomic mass is 127. The van der Waals surface area contributed by atoms with Crippen LogP contribution in [0.4, 0.5) is 14.6 Å². The van der Waals surface area contributed by atoms with Gasteiger partial charge in [0.1, 0.15) is 5.82 Å². The second-order valence-corrected chi connectivity index (χ2v) is 8.61. The molecular formula is C24H17F2IN2O5. The van der Waals surface area contributed by atoms with E-state index in [0.717, 1.165) is 5.56 Å². The number of carbonyl (C=O) groups is 2. The van der Waals surface area contributed by atoms with E-state index in [-0.39, 0.29) is 17.4 Å². The van der Waals surface area contributed by atoms with Crippen LogP contribution in [-0.4, -0.2) is 23.2 Å². The molecule has 2 aliphatic rings. The molecule has 2 aromatic carbocycles. The fourth-order valence-corrected chi connectivity index (χ4v) is 4.24. The average molecular weight is 578 g/mol. The summed E-state index contributed by atoms with van der Waals surface area (Å²) in [5.74, 6) is -0.582. The number of aryl methyl sites for hydroxylation is 1. The van der Waals surface area contributed by atoms with Crippen LogP contribution in [0.1, 0.15) is 34.3 Å². The van der Waals surface area contributed by atoms with E-state index in [0.29, 0.717) is 41.0 Å². The van der Waals surface area contributed by atoms with E-state index in [1.807, 2.05) is 19.1 Å². The van der Waals surface area contributed by atoms with Crippen molar-refractivity contribution in [2.24, 2.45) is 0 Å². The molecule has 3 aromatic rings. The van der Waals surface area contributed by atoms with Gasteiger partial charge in [-0.3, -0.25) is 4.79 Å². The first-order valence-electron chi connectivity index (χ1n) is 10.3. The van der Waals surface area contributed by atoms with Gasteiger partial charge in [-0.05, 0) is 61.2 Å². The van der Waals surface area contributed by atoms with Crippen molar-refractivity contribution in [3.05, 3.63) is 71.3 Å². The third kappa shape index (κ3) is 4.06. The summed E-state index contributed by atoms with van der Waals surface area (Å²) < 4.78 is 40.5. The van der Waals surface area contributed by atoms with Gasteiger partial charge < -0.3 is 17.9 Å². The van der Waals surface area contributed by atoms with E-state index in [2.05, 4.69) is 19.8 Å². The highest BCUT2D eigenvalue weighted by molar-refractivity contribution is 14.1. The maximum atomic E-state index is 13.4. The lowest BCUT2D eigenvalue weighted by molar-refractivity contribution is -0.286. The monoisotopic (exact) mass is 578 g/mol. The lowest BCUT2D eigenvalue weighted by Crippen LogP contribution is -2.28. The Kier molecular flexibility index (Phi) is 5.42. The number of alkyl halides is 2. The van der Waals surface area contributed by atoms with Crippen molar-refractivity contribution in [1.29, 1.82) is 0 Å². The van der Waals surface area contributed by atoms with Crippen LogP contribution in [0.5, 0.6) is 11.5 Å². The minimum absolute atomic E-state index is 0.0662. The molecule has 0 atom stereocenters. The maximum absolute atomic E-state index is 13.4. The number of aromatic nitrogens is 1. The van der Waals surface area contributed by atoms with E-state index in [1.54, 1.807) is 30.3 Å². The number of benzene rings is 2. The summed E-state index contributed by atoms with van der Waals surface area (Å²) in [5.41, 5.74) is 2.26. The number of hydrogen-bond donors (Lipinski definition) is 1. The van der Waals surface area contributed by atoms with Crippen LogP contribution in [-0.2, 0) is 13.3 Å². The largest absolute Gasteiger partial charge is 0.586 e. The number of anilines is 1. The molecular weight excluding hydrogens is 561 g/mol. The van der Waals surface area contributed by atoms with E-state index >= 15 is 0 Å². The summed E-state index contributed by atoms with van der Waals surface area (Å²) in [7, 11) is 0. The first-order valence-corrected chi connectivity index (χ1v) is 11.2. The van der Waals surface area contributed by atoms with Crippen LogP contribution in [0.2, 0.25) is 0 Å². The Morgan fingerprint density at radius 3 is 2.56 bits per heavy atom. The van der Waals surface area contributed by atoms with E-state index in [4.69, 9.17) is 3.07 Å². The van der Waals surface area contributed by atoms with Crippen LogP contribution < -0.4 is 14.8 Å². The second kappa shape index (κ2) is 8.19. The van der Waals surface area contributed by atoms with E-state index in [9.17, 15) is 18.4 Å². The molecule has 0 unspecified atom stereocenters. The lowest BCUT2D eigenvalue weighted by Gasteiger charge is -2.17. The second-order valence-electron chi connectivity index (χ2n) is 8.17. The maximum Gasteiger partial charge on any atom is 0.586 e. The Morgan fingerprint density at radius 2 is 1.82 bits per heavy atom. The van der Waals surface area contributed by atoms with Crippen LogP contribution in [0, 0.1) is 6.92 Å². The zero-order valence-electron chi connectivity index (χ0n) is 17.7. The summed E-state index contributed by atoms with van der Waals surface area (Å²) in [6, 6.07) is 14.8. The molecule has 1 aromatic heterocycles. The normalized spacial score (nSPS) is 16.6. The third-order valence-electron chi connectivity index (χ3n) is 5.92. The molecule has 1 N–H and O–H groups in total. The Hall–Kier alpha value is -3.28. The van der Waals surface area contributed by atoms with E-state index < -0.39 is 17.7 Å². The number of nitrogens with one attached hydrogen (secondary N) is 1. The van der Waals surface area contributed by atoms with Crippen molar-refractivity contribution in [2.45, 2.75) is 31.5 Å². The summed E-state index contributed by atoms with van der Waals surface area (Å²) >= 11 is 1.53. The number of carbonyl (C=O) groups excluding carboxylic acids is 2. The highest BCUT2D eigenvalue weighted by Crippen LogP contribution is 2.52. The minimum atomic E-state index is -3.72. The zero-order valence-corrected chi connectivity index (χ0v) is 19.9. The molecule has 174 valence electrons. The average Bonchev–Trinajstić information content (AvgIpc) is 3.57. The quantitative estimate of drug-likeness (QED) is 0.400. The Labute approximate surface area is 207 Å². The number of halogens is 3. The van der Waals surface area contributed by atoms with Crippen molar-refractivity contribution in [3.8, 4) is 22.8 Å². The van der Waals surface area contributed by atoms with Crippen molar-refractivity contribution < 1.29 is 30.9 Å². The molecule has 34 heavy (non-hydrogen) atoms. The van der Waals surface area contributed by atoms with Gasteiger partial charge in [-0.1, -0.05) is 24.3 Å². The first-order chi connectivity index (χ1) is 16.2. The molecule has 1 aliphatic carbocycles. The van der Waals surface area contributed by atoms with Gasteiger partial charge in [0, 0.05) is 5.56 Å². The number of amides is 1. The molecule has 1 amide bonds. The van der Waals surface area contributed by atoms with Gasteiger partial charge in [-0.2, -0.15) is 0 Å². The Bertz CT molecular complexity index is 1330. The molecule has 7 nitrogen and oxygen atoms in total. The van der Waals surface area contributed by atoms with Gasteiger partial charge in [0.15, 0.2) is 34.5 Å². The van der Waals surface area contributed by atoms with Gasteiger partial charge in [0.25, 0.3) is 0 Å². The van der Waals surface area contributed by atoms with Crippen LogP contribution in [0.15, 0.2) is 54.6 Å². The number of rotatable bonds is 5. The molecule has 0 saturated heterocycles. The van der Waals surface area contributed by atoms with Crippen LogP contribution >= 0.6 is 23.0 Å². The van der Waals surface area contributed by atoms with E-state index in [1.165, 1.54) is 35.1 Å². The van der Waals surface area contributed by atoms with Crippen molar-refractivity contribution in [1.82, 2.24) is 4.98 Å². The molecule has 1 aliphatic heterocycles. The van der Waals surface area contributed by atoms with Gasteiger partial charge in [0.2, 0.25) is 5.91 Å². The van der Waals surface area contributed by atoms with Gasteiger partial charge in [-0.15, -0.1) is 8.78 Å². The molecule has 0 spiro atoms. The van der Waals surface area contributed by atoms with Crippen LogP contribution in [0.25, 0.3) is 11.3 Å².